The Hall–Kier alpha value is -1.72. The lowest BCUT2D eigenvalue weighted by Crippen LogP contribution is -2.44. The number of amides is 1. The second kappa shape index (κ2) is 6.37. The van der Waals surface area contributed by atoms with Crippen LogP contribution >= 0.6 is 0 Å². The van der Waals surface area contributed by atoms with Crippen molar-refractivity contribution < 1.29 is 18.0 Å². The molecule has 1 aliphatic heterocycles. The lowest BCUT2D eigenvalue weighted by atomic mass is 10.0. The third kappa shape index (κ3) is 4.12. The maximum Gasteiger partial charge on any atom is 0.416 e. The van der Waals surface area contributed by atoms with Gasteiger partial charge in [0.1, 0.15) is 0 Å². The molecule has 0 spiro atoms. The van der Waals surface area contributed by atoms with Crippen molar-refractivity contribution in [2.24, 2.45) is 0 Å². The second-order valence-electron chi connectivity index (χ2n) is 5.36. The maximum atomic E-state index is 12.6. The van der Waals surface area contributed by atoms with E-state index in [0.717, 1.165) is 37.9 Å². The van der Waals surface area contributed by atoms with Gasteiger partial charge in [-0.1, -0.05) is 6.07 Å². The van der Waals surface area contributed by atoms with Crippen LogP contribution in [0.5, 0.6) is 0 Å². The molecule has 116 valence electrons. The summed E-state index contributed by atoms with van der Waals surface area (Å²) in [5.74, 6) is -0.0698. The molecule has 1 aromatic rings. The summed E-state index contributed by atoms with van der Waals surface area (Å²) in [4.78, 5) is 13.9. The van der Waals surface area contributed by atoms with Crippen LogP contribution < -0.4 is 5.32 Å². The molecule has 3 nitrogen and oxygen atoms in total. The van der Waals surface area contributed by atoms with Crippen molar-refractivity contribution in [3.8, 4) is 0 Å². The van der Waals surface area contributed by atoms with E-state index >= 15 is 0 Å². The van der Waals surface area contributed by atoms with E-state index in [-0.39, 0.29) is 18.5 Å². The number of hydrogen-bond acceptors (Lipinski definition) is 2. The Morgan fingerprint density at radius 2 is 2.14 bits per heavy atom. The Morgan fingerprint density at radius 1 is 1.38 bits per heavy atom. The number of halogens is 3. The van der Waals surface area contributed by atoms with Crippen molar-refractivity contribution in [3.05, 3.63) is 29.8 Å². The zero-order chi connectivity index (χ0) is 15.5. The number of rotatable bonds is 3. The smallest absolute Gasteiger partial charge is 0.376 e. The van der Waals surface area contributed by atoms with Gasteiger partial charge in [0.15, 0.2) is 0 Å². The van der Waals surface area contributed by atoms with Gasteiger partial charge in [-0.15, -0.1) is 0 Å². The molecule has 1 amide bonds. The summed E-state index contributed by atoms with van der Waals surface area (Å²) in [7, 11) is 0. The molecule has 1 aliphatic rings. The van der Waals surface area contributed by atoms with E-state index < -0.39 is 11.7 Å². The van der Waals surface area contributed by atoms with Crippen LogP contribution in [0.25, 0.3) is 0 Å². The highest BCUT2D eigenvalue weighted by Crippen LogP contribution is 2.30. The molecule has 1 aromatic carbocycles. The van der Waals surface area contributed by atoms with Crippen LogP contribution in [0, 0.1) is 0 Å². The largest absolute Gasteiger partial charge is 0.416 e. The Bertz CT molecular complexity index is 502. The lowest BCUT2D eigenvalue weighted by molar-refractivity contribution is -0.137. The normalized spacial score (nSPS) is 19.4. The van der Waals surface area contributed by atoms with Crippen LogP contribution in [-0.4, -0.2) is 29.9 Å². The number of piperidine rings is 1. The number of carbonyl (C=O) groups is 1. The molecule has 21 heavy (non-hydrogen) atoms. The zero-order valence-corrected chi connectivity index (χ0v) is 11.9. The molecular weight excluding hydrogens is 281 g/mol. The van der Waals surface area contributed by atoms with Gasteiger partial charge < -0.3 is 10.2 Å². The van der Waals surface area contributed by atoms with Gasteiger partial charge in [-0.3, -0.25) is 4.79 Å². The van der Waals surface area contributed by atoms with Gasteiger partial charge in [0, 0.05) is 18.3 Å². The second-order valence-corrected chi connectivity index (χ2v) is 5.36. The average Bonchev–Trinajstić information content (AvgIpc) is 2.45. The van der Waals surface area contributed by atoms with E-state index in [1.807, 2.05) is 6.92 Å². The van der Waals surface area contributed by atoms with Crippen molar-refractivity contribution in [1.82, 2.24) is 4.90 Å². The van der Waals surface area contributed by atoms with E-state index in [9.17, 15) is 18.0 Å². The molecule has 0 bridgehead atoms. The van der Waals surface area contributed by atoms with Gasteiger partial charge in [-0.05, 0) is 44.4 Å². The van der Waals surface area contributed by atoms with Crippen LogP contribution in [0.2, 0.25) is 0 Å². The van der Waals surface area contributed by atoms with Gasteiger partial charge in [-0.25, -0.2) is 0 Å². The van der Waals surface area contributed by atoms with Crippen LogP contribution in [0.1, 0.15) is 31.7 Å². The first-order chi connectivity index (χ1) is 9.88. The third-order valence-corrected chi connectivity index (χ3v) is 3.76. The van der Waals surface area contributed by atoms with Gasteiger partial charge >= 0.3 is 6.18 Å². The first-order valence-corrected chi connectivity index (χ1v) is 7.08. The van der Waals surface area contributed by atoms with Crippen LogP contribution in [0.3, 0.4) is 0 Å². The minimum absolute atomic E-state index is 0.0195. The fourth-order valence-electron chi connectivity index (χ4n) is 2.55. The summed E-state index contributed by atoms with van der Waals surface area (Å²) in [5, 5.41) is 2.78. The van der Waals surface area contributed by atoms with Crippen molar-refractivity contribution >= 4 is 11.6 Å². The summed E-state index contributed by atoms with van der Waals surface area (Å²) >= 11 is 0. The summed E-state index contributed by atoms with van der Waals surface area (Å²) in [6.45, 7) is 2.75. The molecule has 1 heterocycles. The Balaban J connectivity index is 1.95. The number of likely N-dealkylation sites (tertiary alicyclic amines) is 1. The lowest BCUT2D eigenvalue weighted by Gasteiger charge is -2.33. The standard InChI is InChI=1S/C15H19F3N2O/c1-11-5-2-3-8-20(11)14(21)10-19-13-7-4-6-12(9-13)15(16,17)18/h4,6-7,9,11,19H,2-3,5,8,10H2,1H3. The van der Waals surface area contributed by atoms with Gasteiger partial charge in [0.25, 0.3) is 0 Å². The van der Waals surface area contributed by atoms with Crippen LogP contribution in [0.15, 0.2) is 24.3 Å². The van der Waals surface area contributed by atoms with Crippen LogP contribution in [0.4, 0.5) is 18.9 Å². The van der Waals surface area contributed by atoms with Crippen molar-refractivity contribution in [1.29, 1.82) is 0 Å². The monoisotopic (exact) mass is 300 g/mol. The Labute approximate surface area is 122 Å². The van der Waals surface area contributed by atoms with E-state index in [2.05, 4.69) is 5.32 Å². The highest BCUT2D eigenvalue weighted by Gasteiger charge is 2.30. The SMILES string of the molecule is CC1CCCCN1C(=O)CNc1cccc(C(F)(F)F)c1. The summed E-state index contributed by atoms with van der Waals surface area (Å²) < 4.78 is 37.8. The topological polar surface area (TPSA) is 32.3 Å². The average molecular weight is 300 g/mol. The van der Waals surface area contributed by atoms with Gasteiger partial charge in [0.2, 0.25) is 5.91 Å². The number of anilines is 1. The molecule has 1 unspecified atom stereocenters. The van der Waals surface area contributed by atoms with E-state index in [4.69, 9.17) is 0 Å². The predicted octanol–water partition coefficient (Wildman–Crippen LogP) is 3.52. The molecule has 1 N–H and O–H groups in total. The number of benzene rings is 1. The van der Waals surface area contributed by atoms with E-state index in [1.165, 1.54) is 12.1 Å². The third-order valence-electron chi connectivity index (χ3n) is 3.76. The first kappa shape index (κ1) is 15.7. The molecule has 1 atom stereocenters. The Morgan fingerprint density at radius 3 is 2.81 bits per heavy atom. The number of nitrogens with zero attached hydrogens (tertiary/aromatic N) is 1. The first-order valence-electron chi connectivity index (χ1n) is 7.08. The Kier molecular flexibility index (Phi) is 4.75. The summed E-state index contributed by atoms with van der Waals surface area (Å²) in [6, 6.07) is 5.10. The zero-order valence-electron chi connectivity index (χ0n) is 11.9. The molecule has 1 fully saturated rings. The minimum Gasteiger partial charge on any atom is -0.376 e. The number of hydrogen-bond donors (Lipinski definition) is 1. The van der Waals surface area contributed by atoms with Crippen molar-refractivity contribution in [2.45, 2.75) is 38.4 Å². The molecular formula is C15H19F3N2O. The number of nitrogens with one attached hydrogen (secondary N) is 1. The van der Waals surface area contributed by atoms with E-state index in [0.29, 0.717) is 5.69 Å². The minimum atomic E-state index is -4.37. The maximum absolute atomic E-state index is 12.6. The quantitative estimate of drug-likeness (QED) is 0.926. The summed E-state index contributed by atoms with van der Waals surface area (Å²) in [5.41, 5.74) is -0.408. The highest BCUT2D eigenvalue weighted by atomic mass is 19.4. The van der Waals surface area contributed by atoms with Crippen LogP contribution in [-0.2, 0) is 11.0 Å². The molecule has 1 saturated heterocycles. The van der Waals surface area contributed by atoms with Gasteiger partial charge in [0.05, 0.1) is 12.1 Å². The molecule has 2 rings (SSSR count). The van der Waals surface area contributed by atoms with E-state index in [1.54, 1.807) is 4.90 Å². The molecule has 6 heteroatoms. The molecule has 0 radical (unpaired) electrons. The molecule has 0 aromatic heterocycles. The van der Waals surface area contributed by atoms with Crippen molar-refractivity contribution in [3.63, 3.8) is 0 Å². The number of carbonyl (C=O) groups excluding carboxylic acids is 1. The highest BCUT2D eigenvalue weighted by molar-refractivity contribution is 5.81. The van der Waals surface area contributed by atoms with Crippen molar-refractivity contribution in [2.75, 3.05) is 18.4 Å². The molecule has 0 saturated carbocycles. The van der Waals surface area contributed by atoms with Gasteiger partial charge in [-0.2, -0.15) is 13.2 Å². The summed E-state index contributed by atoms with van der Waals surface area (Å²) in [6.07, 6.45) is -1.29. The fourth-order valence-corrected chi connectivity index (χ4v) is 2.55. The molecule has 0 aliphatic carbocycles. The fraction of sp³-hybridized carbons (Fsp3) is 0.533. The number of alkyl halides is 3. The predicted molar refractivity (Wildman–Crippen MR) is 75.0 cm³/mol.